The van der Waals surface area contributed by atoms with E-state index < -0.39 is 5.82 Å². The van der Waals surface area contributed by atoms with E-state index in [0.29, 0.717) is 59.2 Å². The van der Waals surface area contributed by atoms with Crippen LogP contribution in [0.3, 0.4) is 0 Å². The van der Waals surface area contributed by atoms with Gasteiger partial charge < -0.3 is 19.1 Å². The molecule has 0 spiro atoms. The van der Waals surface area contributed by atoms with Crippen molar-refractivity contribution in [3.63, 3.8) is 0 Å². The van der Waals surface area contributed by atoms with Crippen LogP contribution in [0.1, 0.15) is 135 Å². The van der Waals surface area contributed by atoms with Gasteiger partial charge >= 0.3 is 0 Å². The van der Waals surface area contributed by atoms with Crippen LogP contribution in [-0.2, 0) is 47.5 Å². The van der Waals surface area contributed by atoms with Crippen molar-refractivity contribution in [3.05, 3.63) is 252 Å². The molecule has 10 heteroatoms. The topological polar surface area (TPSA) is 48.6 Å². The molecule has 0 aliphatic heterocycles. The van der Waals surface area contributed by atoms with Crippen LogP contribution in [-0.4, -0.2) is 27.5 Å². The Kier molecular flexibility index (Phi) is 19.6. The van der Waals surface area contributed by atoms with Gasteiger partial charge in [0, 0.05) is 74.9 Å². The summed E-state index contributed by atoms with van der Waals surface area (Å²) in [6.07, 6.45) is 1.27. The van der Waals surface area contributed by atoms with Crippen LogP contribution < -0.4 is 9.47 Å². The van der Waals surface area contributed by atoms with E-state index in [4.69, 9.17) is 9.47 Å². The monoisotopic (exact) mass is 1390 g/mol. The van der Waals surface area contributed by atoms with Crippen LogP contribution in [0.2, 0.25) is 0 Å². The predicted octanol–water partition coefficient (Wildman–Crippen LogP) is 22.7. The van der Waals surface area contributed by atoms with E-state index in [1.54, 1.807) is 23.5 Å². The number of aromatic nitrogens is 2. The molecule has 0 unspecified atom stereocenters. The Morgan fingerprint density at radius 2 is 0.730 bits per heavy atom. The molecule has 12 rings (SSSR count). The largest absolute Gasteiger partial charge is 0.504 e. The summed E-state index contributed by atoms with van der Waals surface area (Å²) in [5, 5.41) is 22.3. The summed E-state index contributed by atoms with van der Waals surface area (Å²) in [6, 6.07) is 55.6. The predicted molar refractivity (Wildman–Crippen MR) is 371 cm³/mol. The average molecular weight is 1390 g/mol. The summed E-state index contributed by atoms with van der Waals surface area (Å²) in [6.45, 7) is 39.5. The summed E-state index contributed by atoms with van der Waals surface area (Å²) in [4.78, 5) is 0. The van der Waals surface area contributed by atoms with Gasteiger partial charge in [-0.25, -0.2) is 20.1 Å². The maximum Gasteiger partial charge on any atom is 0.158 e. The fraction of sp³-hybridized carbons (Fsp3) is 0.253. The van der Waals surface area contributed by atoms with E-state index >= 15 is 8.78 Å². The summed E-state index contributed by atoms with van der Waals surface area (Å²) >= 11 is 3.02. The molecule has 0 amide bonds. The summed E-state index contributed by atoms with van der Waals surface area (Å²) in [5.74, 6) is 0.337. The van der Waals surface area contributed by atoms with Crippen LogP contribution >= 0.6 is 22.7 Å². The Morgan fingerprint density at radius 3 is 1.07 bits per heavy atom. The number of unbranched alkanes of at least 4 members (excludes halogenated alkanes) is 1. The van der Waals surface area contributed by atoms with Crippen molar-refractivity contribution in [2.75, 3.05) is 13.2 Å². The molecule has 4 aromatic heterocycles. The second-order valence-electron chi connectivity index (χ2n) is 27.0. The Hall–Kier alpha value is -7.50. The zero-order valence-corrected chi connectivity index (χ0v) is 58.7. The molecule has 5 nitrogen and oxygen atoms in total. The van der Waals surface area contributed by atoms with Crippen molar-refractivity contribution in [2.45, 2.75) is 118 Å². The Labute approximate surface area is 552 Å². The molecule has 12 aromatic rings. The molecule has 0 aliphatic carbocycles. The van der Waals surface area contributed by atoms with Gasteiger partial charge in [-0.05, 0) is 152 Å². The number of hydrogen-bond donors (Lipinski definition) is 1. The van der Waals surface area contributed by atoms with Crippen molar-refractivity contribution in [2.24, 2.45) is 0 Å². The van der Waals surface area contributed by atoms with Gasteiger partial charge in [-0.15, -0.1) is 41.2 Å². The summed E-state index contributed by atoms with van der Waals surface area (Å²) in [7, 11) is 0. The fourth-order valence-electron chi connectivity index (χ4n) is 11.0. The van der Waals surface area contributed by atoms with Gasteiger partial charge in [0.15, 0.2) is 5.75 Å². The Bertz CT molecular complexity index is 4020. The number of aromatic hydroxyl groups is 1. The molecule has 0 saturated heterocycles. The van der Waals surface area contributed by atoms with E-state index in [2.05, 4.69) is 191 Å². The number of rotatable bonds is 11. The first kappa shape index (κ1) is 65.9. The van der Waals surface area contributed by atoms with Crippen molar-refractivity contribution >= 4 is 66.3 Å². The first-order valence-corrected chi connectivity index (χ1v) is 32.0. The van der Waals surface area contributed by atoms with Crippen LogP contribution in [0.5, 0.6) is 17.2 Å². The fourth-order valence-corrected chi connectivity index (χ4v) is 13.1. The van der Waals surface area contributed by atoms with Crippen LogP contribution in [0.15, 0.2) is 181 Å². The minimum Gasteiger partial charge on any atom is -0.504 e. The van der Waals surface area contributed by atoms with E-state index in [-0.39, 0.29) is 59.1 Å². The molecule has 1 N–H and O–H groups in total. The van der Waals surface area contributed by atoms with E-state index in [0.717, 1.165) is 60.1 Å². The Morgan fingerprint density at radius 1 is 0.404 bits per heavy atom. The van der Waals surface area contributed by atoms with Gasteiger partial charge in [-0.2, -0.15) is 61.7 Å². The quantitative estimate of drug-likeness (QED) is 0.0798. The molecule has 0 saturated carbocycles. The van der Waals surface area contributed by atoms with Gasteiger partial charge in [0.1, 0.15) is 28.1 Å². The third kappa shape index (κ3) is 14.4. The number of thiophene rings is 2. The van der Waals surface area contributed by atoms with Gasteiger partial charge in [0.25, 0.3) is 0 Å². The Balaban J connectivity index is 0.000000553. The molecule has 458 valence electrons. The number of hydrogen-bond acceptors (Lipinski definition) is 5. The molecule has 0 radical (unpaired) electrons. The maximum atomic E-state index is 15.1. The van der Waals surface area contributed by atoms with E-state index in [1.165, 1.54) is 68.6 Å². The number of ether oxygens (including phenoxy) is 2. The standard InChI is InChI=1S/C65H67F2N2O3S2.2C7H7.Hf/c1-38-51(36-73-60(38)68-53-22-16-39(62(2,3)4)30-45(53)46-31-40(63(5,6)7)17-23-54(46)68)49-34-43(66)20-26-57(49)71-28-14-15-29-72-58-27-21-44(67)35-50(58)52-37-74-61(59(52)70)69-55-24-18-41(64(8,9)10)32-47(55)48-33-42(65(11,12)13)19-25-56(48)69;2*1-7-5-3-2-4-6-7;/h16-27,30-37,70H,1,14-15,28-29H2,2-13H3;2*2-6H,1H2;/q3*-1;. The molecule has 0 aliphatic rings. The van der Waals surface area contributed by atoms with Crippen molar-refractivity contribution in [1.82, 2.24) is 9.13 Å². The minimum absolute atomic E-state index is 0. The average Bonchev–Trinajstić information content (AvgIpc) is 1.74. The zero-order valence-electron chi connectivity index (χ0n) is 53.5. The van der Waals surface area contributed by atoms with Crippen LogP contribution in [0.4, 0.5) is 8.78 Å². The number of halogens is 2. The first-order valence-electron chi connectivity index (χ1n) is 30.2. The molecular weight excluding hydrogens is 1310 g/mol. The van der Waals surface area contributed by atoms with Gasteiger partial charge in [-0.1, -0.05) is 125 Å². The van der Waals surface area contributed by atoms with E-state index in [1.807, 2.05) is 66.0 Å². The van der Waals surface area contributed by atoms with Crippen molar-refractivity contribution in [1.29, 1.82) is 0 Å². The first-order chi connectivity index (χ1) is 41.7. The molecule has 8 aromatic carbocycles. The molecule has 0 atom stereocenters. The molecule has 0 bridgehead atoms. The van der Waals surface area contributed by atoms with Gasteiger partial charge in [-0.3, -0.25) is 4.57 Å². The molecule has 0 fully saturated rings. The second-order valence-corrected chi connectivity index (χ2v) is 28.7. The SMILES string of the molecule is [CH2-]c1c(-c2cc(F)ccc2OCCCCOc2ccc(F)cc2-c2csc(-n3c4ccc(C(C)(C)C)cc4c4cc(C(C)(C)C)ccc43)c2O)csc1-n1c2ccc(C(C)(C)C)cc2c2cc(C(C)(C)C)ccc21.[CH2-]c1ccccc1.[CH2-]c1ccccc1.[Hf]. The van der Waals surface area contributed by atoms with E-state index in [9.17, 15) is 5.11 Å². The minimum atomic E-state index is -0.424. The molecular formula is C79H81F2HfN2O3S2-3. The zero-order chi connectivity index (χ0) is 63.0. The number of nitrogens with zero attached hydrogens (tertiary/aromatic N) is 2. The van der Waals surface area contributed by atoms with Crippen LogP contribution in [0.25, 0.3) is 75.9 Å². The molecule has 4 heterocycles. The van der Waals surface area contributed by atoms with Crippen molar-refractivity contribution in [3.8, 4) is 49.5 Å². The molecule has 89 heavy (non-hydrogen) atoms. The second kappa shape index (κ2) is 26.5. The van der Waals surface area contributed by atoms with Gasteiger partial charge in [0.05, 0.1) is 24.2 Å². The summed E-state index contributed by atoms with van der Waals surface area (Å²) in [5.41, 5.74) is 14.5. The number of benzene rings is 8. The summed E-state index contributed by atoms with van der Waals surface area (Å²) < 4.78 is 47.5. The smallest absolute Gasteiger partial charge is 0.158 e. The third-order valence-corrected chi connectivity index (χ3v) is 18.2. The maximum absolute atomic E-state index is 15.1. The normalized spacial score (nSPS) is 12.0. The van der Waals surface area contributed by atoms with Crippen LogP contribution in [0, 0.1) is 32.4 Å². The van der Waals surface area contributed by atoms with Crippen molar-refractivity contribution < 1.29 is 49.2 Å². The third-order valence-electron chi connectivity index (χ3n) is 16.2. The van der Waals surface area contributed by atoms with Gasteiger partial charge in [0.2, 0.25) is 0 Å². The number of fused-ring (bicyclic) bond motifs is 6.